The molecule has 6 heteroatoms. The molecule has 1 heterocycles. The van der Waals surface area contributed by atoms with Crippen LogP contribution in [0.2, 0.25) is 0 Å². The van der Waals surface area contributed by atoms with Gasteiger partial charge in [-0.05, 0) is 41.5 Å². The fourth-order valence-corrected chi connectivity index (χ4v) is 1.79. The van der Waals surface area contributed by atoms with Crippen molar-refractivity contribution in [3.05, 3.63) is 0 Å². The number of carbonyl (C=O) groups excluding carboxylic acids is 2. The third-order valence-electron chi connectivity index (χ3n) is 3.29. The number of hydrogen-bond donors (Lipinski definition) is 0. The van der Waals surface area contributed by atoms with Gasteiger partial charge in [0.2, 0.25) is 0 Å². The molecule has 0 aromatic carbocycles. The molecule has 0 aliphatic carbocycles. The van der Waals surface area contributed by atoms with E-state index in [9.17, 15) is 9.59 Å². The van der Waals surface area contributed by atoms with Crippen molar-refractivity contribution in [1.82, 2.24) is 0 Å². The van der Waals surface area contributed by atoms with Crippen molar-refractivity contribution in [3.8, 4) is 0 Å². The summed E-state index contributed by atoms with van der Waals surface area (Å²) in [5.74, 6) is -0.636. The minimum absolute atomic E-state index is 0.0397. The summed E-state index contributed by atoms with van der Waals surface area (Å²) in [6.45, 7) is 10.7. The summed E-state index contributed by atoms with van der Waals surface area (Å²) < 4.78 is 21.6. The third-order valence-corrected chi connectivity index (χ3v) is 3.29. The van der Waals surface area contributed by atoms with Crippen LogP contribution < -0.4 is 0 Å². The molecular weight excluding hydrogens is 288 g/mol. The van der Waals surface area contributed by atoms with Crippen LogP contribution in [0.5, 0.6) is 0 Å². The van der Waals surface area contributed by atoms with E-state index in [-0.39, 0.29) is 18.5 Å². The van der Waals surface area contributed by atoms with Gasteiger partial charge in [0.05, 0.1) is 10.8 Å². The van der Waals surface area contributed by atoms with Crippen molar-refractivity contribution in [2.24, 2.45) is 10.8 Å². The molecule has 1 aliphatic heterocycles. The number of carbonyl (C=O) groups is 2. The number of hydrogen-bond acceptors (Lipinski definition) is 6. The predicted octanol–water partition coefficient (Wildman–Crippen LogP) is 2.29. The molecule has 6 nitrogen and oxygen atoms in total. The maximum Gasteiger partial charge on any atom is 0.311 e. The summed E-state index contributed by atoms with van der Waals surface area (Å²) in [4.78, 5) is 23.9. The molecule has 1 aliphatic rings. The van der Waals surface area contributed by atoms with Gasteiger partial charge in [-0.15, -0.1) is 0 Å². The van der Waals surface area contributed by atoms with Crippen molar-refractivity contribution in [1.29, 1.82) is 0 Å². The highest BCUT2D eigenvalue weighted by atomic mass is 16.7. The van der Waals surface area contributed by atoms with Crippen LogP contribution in [0, 0.1) is 10.8 Å². The number of methoxy groups -OCH3 is 1. The van der Waals surface area contributed by atoms with E-state index < -0.39 is 29.3 Å². The van der Waals surface area contributed by atoms with E-state index >= 15 is 0 Å². The van der Waals surface area contributed by atoms with Gasteiger partial charge < -0.3 is 18.9 Å². The van der Waals surface area contributed by atoms with Gasteiger partial charge in [0.25, 0.3) is 0 Å². The number of esters is 2. The summed E-state index contributed by atoms with van der Waals surface area (Å²) in [5, 5.41) is 0. The van der Waals surface area contributed by atoms with Gasteiger partial charge in [0.1, 0.15) is 18.8 Å². The van der Waals surface area contributed by atoms with Gasteiger partial charge in [-0.1, -0.05) is 0 Å². The Morgan fingerprint density at radius 1 is 1.05 bits per heavy atom. The van der Waals surface area contributed by atoms with Crippen molar-refractivity contribution in [2.75, 3.05) is 13.7 Å². The molecule has 22 heavy (non-hydrogen) atoms. The highest BCUT2D eigenvalue weighted by Gasteiger charge is 2.41. The first kappa shape index (κ1) is 18.9. The molecule has 0 spiro atoms. The molecule has 0 aromatic rings. The zero-order valence-corrected chi connectivity index (χ0v) is 14.6. The van der Waals surface area contributed by atoms with E-state index in [2.05, 4.69) is 0 Å². The van der Waals surface area contributed by atoms with Crippen molar-refractivity contribution in [2.45, 2.75) is 66.5 Å². The molecule has 0 unspecified atom stereocenters. The Morgan fingerprint density at radius 2 is 1.59 bits per heavy atom. The van der Waals surface area contributed by atoms with Crippen LogP contribution in [0.3, 0.4) is 0 Å². The summed E-state index contributed by atoms with van der Waals surface area (Å²) in [6, 6.07) is 0. The topological polar surface area (TPSA) is 71.1 Å². The maximum absolute atomic E-state index is 12.0. The maximum atomic E-state index is 12.0. The molecule has 0 saturated carbocycles. The minimum atomic E-state index is -0.599. The van der Waals surface area contributed by atoms with E-state index in [1.165, 1.54) is 7.11 Å². The molecule has 1 fully saturated rings. The molecule has 1 saturated heterocycles. The lowest BCUT2D eigenvalue weighted by Gasteiger charge is -2.24. The first-order valence-electron chi connectivity index (χ1n) is 7.51. The van der Waals surface area contributed by atoms with Crippen molar-refractivity contribution >= 4 is 11.9 Å². The Hall–Kier alpha value is -1.14. The van der Waals surface area contributed by atoms with Crippen molar-refractivity contribution in [3.63, 3.8) is 0 Å². The molecule has 3 atom stereocenters. The number of ether oxygens (including phenoxy) is 4. The van der Waals surface area contributed by atoms with Gasteiger partial charge in [0, 0.05) is 13.5 Å². The zero-order chi connectivity index (χ0) is 17.1. The van der Waals surface area contributed by atoms with E-state index in [0.29, 0.717) is 6.42 Å². The Bertz CT molecular complexity index is 404. The Kier molecular flexibility index (Phi) is 5.98. The molecule has 0 radical (unpaired) electrons. The molecule has 128 valence electrons. The fraction of sp³-hybridized carbons (Fsp3) is 0.875. The lowest BCUT2D eigenvalue weighted by atomic mass is 9.97. The van der Waals surface area contributed by atoms with Crippen LogP contribution in [-0.4, -0.2) is 44.2 Å². The Labute approximate surface area is 132 Å². The van der Waals surface area contributed by atoms with Crippen LogP contribution >= 0.6 is 0 Å². The lowest BCUT2D eigenvalue weighted by Crippen LogP contribution is -2.36. The molecule has 0 aromatic heterocycles. The molecule has 1 rings (SSSR count). The van der Waals surface area contributed by atoms with Gasteiger partial charge in [0.15, 0.2) is 6.29 Å². The first-order valence-corrected chi connectivity index (χ1v) is 7.51. The quantitative estimate of drug-likeness (QED) is 0.741. The summed E-state index contributed by atoms with van der Waals surface area (Å²) in [6.07, 6.45) is -1.03. The summed E-state index contributed by atoms with van der Waals surface area (Å²) >= 11 is 0. The normalized spacial score (nSPS) is 25.9. The van der Waals surface area contributed by atoms with E-state index in [1.54, 1.807) is 41.5 Å². The average molecular weight is 316 g/mol. The zero-order valence-electron chi connectivity index (χ0n) is 14.6. The summed E-state index contributed by atoms with van der Waals surface area (Å²) in [7, 11) is 1.52. The smallest absolute Gasteiger partial charge is 0.311 e. The second-order valence-corrected chi connectivity index (χ2v) is 7.62. The SMILES string of the molecule is CO[C@@H]1C[C@@H](OC(=O)C(C)(C)C)[C@@H](COC(=O)C(C)(C)C)O1. The monoisotopic (exact) mass is 316 g/mol. The highest BCUT2D eigenvalue weighted by molar-refractivity contribution is 5.76. The highest BCUT2D eigenvalue weighted by Crippen LogP contribution is 2.27. The molecule has 0 amide bonds. The predicted molar refractivity (Wildman–Crippen MR) is 80.0 cm³/mol. The standard InChI is InChI=1S/C16H28O6/c1-15(2,3)13(17)20-9-11-10(8-12(19-7)21-11)22-14(18)16(4,5)6/h10-12H,8-9H2,1-7H3/t10-,11-,12+/m1/s1. The van der Waals surface area contributed by atoms with Crippen LogP contribution in [0.15, 0.2) is 0 Å². The second kappa shape index (κ2) is 6.96. The first-order chi connectivity index (χ1) is 9.95. The number of rotatable bonds is 4. The molecule has 0 N–H and O–H groups in total. The average Bonchev–Trinajstić information content (AvgIpc) is 2.76. The van der Waals surface area contributed by atoms with Crippen LogP contribution in [0.4, 0.5) is 0 Å². The van der Waals surface area contributed by atoms with Gasteiger partial charge in [-0.2, -0.15) is 0 Å². The summed E-state index contributed by atoms with van der Waals surface area (Å²) in [5.41, 5.74) is -1.19. The largest absolute Gasteiger partial charge is 0.462 e. The minimum Gasteiger partial charge on any atom is -0.462 e. The Morgan fingerprint density at radius 3 is 2.05 bits per heavy atom. The van der Waals surface area contributed by atoms with Crippen LogP contribution in [0.25, 0.3) is 0 Å². The van der Waals surface area contributed by atoms with Gasteiger partial charge in [-0.3, -0.25) is 9.59 Å². The van der Waals surface area contributed by atoms with Gasteiger partial charge >= 0.3 is 11.9 Å². The van der Waals surface area contributed by atoms with Gasteiger partial charge in [-0.25, -0.2) is 0 Å². The van der Waals surface area contributed by atoms with Crippen LogP contribution in [-0.2, 0) is 28.5 Å². The third kappa shape index (κ3) is 5.25. The Balaban J connectivity index is 2.65. The molecular formula is C16H28O6. The van der Waals surface area contributed by atoms with E-state index in [0.717, 1.165) is 0 Å². The van der Waals surface area contributed by atoms with E-state index in [1.807, 2.05) is 0 Å². The molecule has 0 bridgehead atoms. The fourth-order valence-electron chi connectivity index (χ4n) is 1.79. The van der Waals surface area contributed by atoms with Crippen LogP contribution in [0.1, 0.15) is 48.0 Å². The lowest BCUT2D eigenvalue weighted by molar-refractivity contribution is -0.172. The van der Waals surface area contributed by atoms with Crippen molar-refractivity contribution < 1.29 is 28.5 Å². The second-order valence-electron chi connectivity index (χ2n) is 7.62. The van der Waals surface area contributed by atoms with E-state index in [4.69, 9.17) is 18.9 Å².